The molecular formula is C22H23FN4O2. The summed E-state index contributed by atoms with van der Waals surface area (Å²) in [5.74, 6) is 1.19. The van der Waals surface area contributed by atoms with Gasteiger partial charge >= 0.3 is 5.97 Å². The smallest absolute Gasteiger partial charge is 0.335 e. The first-order chi connectivity index (χ1) is 14.0. The van der Waals surface area contributed by atoms with E-state index in [2.05, 4.69) is 19.7 Å². The van der Waals surface area contributed by atoms with Gasteiger partial charge in [0.05, 0.1) is 12.1 Å². The number of carbonyl (C=O) groups is 1. The van der Waals surface area contributed by atoms with Crippen LogP contribution in [0.3, 0.4) is 0 Å². The highest BCUT2D eigenvalue weighted by atomic mass is 19.1. The second kappa shape index (κ2) is 8.11. The van der Waals surface area contributed by atoms with Crippen LogP contribution in [0.4, 0.5) is 4.39 Å². The van der Waals surface area contributed by atoms with E-state index in [9.17, 15) is 14.3 Å². The highest BCUT2D eigenvalue weighted by Gasteiger charge is 2.30. The topological polar surface area (TPSA) is 80.9 Å². The third kappa shape index (κ3) is 4.67. The lowest BCUT2D eigenvalue weighted by molar-refractivity contribution is 0.0696. The first-order valence-corrected chi connectivity index (χ1v) is 9.87. The van der Waals surface area contributed by atoms with Gasteiger partial charge in [0.15, 0.2) is 0 Å². The van der Waals surface area contributed by atoms with Gasteiger partial charge in [0.1, 0.15) is 17.5 Å². The maximum atomic E-state index is 13.2. The van der Waals surface area contributed by atoms with Crippen LogP contribution in [0.5, 0.6) is 0 Å². The summed E-state index contributed by atoms with van der Waals surface area (Å²) in [5.41, 5.74) is 2.76. The zero-order valence-electron chi connectivity index (χ0n) is 16.3. The van der Waals surface area contributed by atoms with Crippen LogP contribution in [-0.4, -0.2) is 30.8 Å². The van der Waals surface area contributed by atoms with Crippen LogP contribution < -0.4 is 0 Å². The van der Waals surface area contributed by atoms with Crippen LogP contribution in [-0.2, 0) is 19.4 Å². The van der Waals surface area contributed by atoms with Gasteiger partial charge in [-0.25, -0.2) is 9.18 Å². The number of nitrogens with zero attached hydrogens (tertiary/aromatic N) is 4. The second-order valence-corrected chi connectivity index (χ2v) is 7.61. The molecule has 0 atom stereocenters. The van der Waals surface area contributed by atoms with Crippen molar-refractivity contribution in [3.05, 3.63) is 76.4 Å². The van der Waals surface area contributed by atoms with E-state index in [1.165, 1.54) is 12.1 Å². The van der Waals surface area contributed by atoms with Crippen molar-refractivity contribution in [1.29, 1.82) is 0 Å². The van der Waals surface area contributed by atoms with Gasteiger partial charge in [0.25, 0.3) is 0 Å². The Balaban J connectivity index is 1.47. The van der Waals surface area contributed by atoms with Crippen molar-refractivity contribution in [1.82, 2.24) is 19.7 Å². The summed E-state index contributed by atoms with van der Waals surface area (Å²) in [4.78, 5) is 15.7. The van der Waals surface area contributed by atoms with Crippen LogP contribution in [0.25, 0.3) is 0 Å². The molecule has 0 unspecified atom stereocenters. The van der Waals surface area contributed by atoms with Gasteiger partial charge < -0.3 is 9.67 Å². The minimum absolute atomic E-state index is 0.244. The molecule has 0 radical (unpaired) electrons. The number of hydrogen-bond acceptors (Lipinski definition) is 4. The molecule has 0 spiro atoms. The molecule has 7 heteroatoms. The molecule has 29 heavy (non-hydrogen) atoms. The van der Waals surface area contributed by atoms with E-state index in [4.69, 9.17) is 0 Å². The van der Waals surface area contributed by atoms with Crippen molar-refractivity contribution in [2.45, 2.75) is 51.5 Å². The van der Waals surface area contributed by atoms with E-state index < -0.39 is 5.97 Å². The van der Waals surface area contributed by atoms with Crippen LogP contribution in [0.15, 0.2) is 36.4 Å². The molecule has 1 N–H and O–H groups in total. The van der Waals surface area contributed by atoms with E-state index in [1.807, 2.05) is 0 Å². The van der Waals surface area contributed by atoms with E-state index in [1.54, 1.807) is 31.2 Å². The molecule has 1 aliphatic rings. The Kier molecular flexibility index (Phi) is 5.38. The number of aromatic nitrogens is 4. The molecule has 1 fully saturated rings. The predicted molar refractivity (Wildman–Crippen MR) is 105 cm³/mol. The number of aromatic carboxylic acids is 1. The molecule has 150 valence electrons. The first kappa shape index (κ1) is 19.2. The van der Waals surface area contributed by atoms with Gasteiger partial charge in [-0.1, -0.05) is 12.1 Å². The molecule has 1 saturated carbocycles. The summed E-state index contributed by atoms with van der Waals surface area (Å²) in [6, 6.07) is 9.74. The first-order valence-electron chi connectivity index (χ1n) is 9.87. The normalized spacial score (nSPS) is 13.6. The van der Waals surface area contributed by atoms with Crippen LogP contribution in [0, 0.1) is 12.7 Å². The summed E-state index contributed by atoms with van der Waals surface area (Å²) in [6.45, 7) is 2.43. The molecule has 0 amide bonds. The Labute approximate surface area is 168 Å². The number of hydrogen-bond donors (Lipinski definition) is 1. The van der Waals surface area contributed by atoms with Crippen molar-refractivity contribution >= 4 is 5.97 Å². The number of halogens is 1. The maximum Gasteiger partial charge on any atom is 0.335 e. The molecule has 2 heterocycles. The Hall–Kier alpha value is -3.09. The third-order valence-electron chi connectivity index (χ3n) is 5.14. The molecule has 6 nitrogen and oxygen atoms in total. The molecule has 2 aromatic heterocycles. The zero-order valence-corrected chi connectivity index (χ0v) is 16.3. The average molecular weight is 394 g/mol. The number of benzene rings is 1. The molecule has 3 aromatic rings. The lowest BCUT2D eigenvalue weighted by Gasteiger charge is -2.11. The molecule has 0 saturated heterocycles. The largest absolute Gasteiger partial charge is 0.478 e. The van der Waals surface area contributed by atoms with E-state index in [0.717, 1.165) is 48.6 Å². The van der Waals surface area contributed by atoms with Gasteiger partial charge in [-0.15, -0.1) is 10.2 Å². The SMILES string of the molecule is Cc1cc(C(=O)O)cc(CCCc2nnc(C3CC3)n2Cc2ccc(F)cc2)n1. The number of aryl methyl sites for hydroxylation is 3. The van der Waals surface area contributed by atoms with Gasteiger partial charge in [-0.3, -0.25) is 4.98 Å². The Bertz CT molecular complexity index is 1030. The van der Waals surface area contributed by atoms with Crippen LogP contribution in [0.2, 0.25) is 0 Å². The third-order valence-corrected chi connectivity index (χ3v) is 5.14. The zero-order chi connectivity index (χ0) is 20.4. The minimum atomic E-state index is -0.940. The molecule has 1 aliphatic carbocycles. The molecule has 4 rings (SSSR count). The minimum Gasteiger partial charge on any atom is -0.478 e. The van der Waals surface area contributed by atoms with Gasteiger partial charge in [-0.2, -0.15) is 0 Å². The van der Waals surface area contributed by atoms with Crippen molar-refractivity contribution in [3.63, 3.8) is 0 Å². The predicted octanol–water partition coefficient (Wildman–Crippen LogP) is 3.92. The van der Waals surface area contributed by atoms with Crippen LogP contribution in [0.1, 0.15) is 64.1 Å². The van der Waals surface area contributed by atoms with Crippen molar-refractivity contribution in [2.75, 3.05) is 0 Å². The highest BCUT2D eigenvalue weighted by molar-refractivity contribution is 5.87. The van der Waals surface area contributed by atoms with Gasteiger partial charge in [-0.05, 0) is 62.4 Å². The quantitative estimate of drug-likeness (QED) is 0.626. The summed E-state index contributed by atoms with van der Waals surface area (Å²) >= 11 is 0. The van der Waals surface area contributed by atoms with Crippen molar-refractivity contribution in [3.8, 4) is 0 Å². The fourth-order valence-corrected chi connectivity index (χ4v) is 3.54. The highest BCUT2D eigenvalue weighted by Crippen LogP contribution is 2.39. The second-order valence-electron chi connectivity index (χ2n) is 7.61. The maximum absolute atomic E-state index is 13.2. The summed E-state index contributed by atoms with van der Waals surface area (Å²) in [7, 11) is 0. The fraction of sp³-hybridized carbons (Fsp3) is 0.364. The summed E-state index contributed by atoms with van der Waals surface area (Å²) in [6.07, 6.45) is 4.45. The van der Waals surface area contributed by atoms with E-state index in [-0.39, 0.29) is 11.4 Å². The monoisotopic (exact) mass is 394 g/mol. The van der Waals surface area contributed by atoms with Gasteiger partial charge in [0, 0.05) is 23.7 Å². The standard InChI is InChI=1S/C22H23FN4O2/c1-14-11-17(22(28)29)12-19(24-14)3-2-4-20-25-26-21(16-7-8-16)27(20)13-15-5-9-18(23)10-6-15/h5-6,9-12,16H,2-4,7-8,13H2,1H3,(H,28,29). The van der Waals surface area contributed by atoms with Gasteiger partial charge in [0.2, 0.25) is 0 Å². The summed E-state index contributed by atoms with van der Waals surface area (Å²) in [5, 5.41) is 18.0. The number of rotatable bonds is 8. The molecular weight excluding hydrogens is 371 g/mol. The van der Waals surface area contributed by atoms with Crippen molar-refractivity contribution in [2.24, 2.45) is 0 Å². The van der Waals surface area contributed by atoms with E-state index >= 15 is 0 Å². The lowest BCUT2D eigenvalue weighted by atomic mass is 10.1. The number of carboxylic acids is 1. The summed E-state index contributed by atoms with van der Waals surface area (Å²) < 4.78 is 15.4. The fourth-order valence-electron chi connectivity index (χ4n) is 3.54. The van der Waals surface area contributed by atoms with Crippen LogP contribution >= 0.6 is 0 Å². The Morgan fingerprint density at radius 2 is 1.93 bits per heavy atom. The molecule has 0 bridgehead atoms. The van der Waals surface area contributed by atoms with Crippen molar-refractivity contribution < 1.29 is 14.3 Å². The average Bonchev–Trinajstić information content (AvgIpc) is 3.46. The Morgan fingerprint density at radius 3 is 2.62 bits per heavy atom. The molecule has 1 aromatic carbocycles. The lowest BCUT2D eigenvalue weighted by Crippen LogP contribution is -2.09. The number of carboxylic acid groups (broad SMARTS) is 1. The Morgan fingerprint density at radius 1 is 1.17 bits per heavy atom. The molecule has 0 aliphatic heterocycles. The van der Waals surface area contributed by atoms with E-state index in [0.29, 0.717) is 24.6 Å². The number of pyridine rings is 1.